The number of unbranched alkanes of at least 4 members (excludes halogenated alkanes) is 1. The molecule has 3 aromatic rings. The molecule has 0 saturated carbocycles. The molecule has 22 heavy (non-hydrogen) atoms. The molecule has 0 fully saturated rings. The Bertz CT molecular complexity index is 770. The van der Waals surface area contributed by atoms with Crippen LogP contribution < -0.4 is 10.1 Å². The average Bonchev–Trinajstić information content (AvgIpc) is 2.88. The average molecular weight is 302 g/mol. The van der Waals surface area contributed by atoms with Crippen LogP contribution in [0.2, 0.25) is 0 Å². The number of rotatable bonds is 7. The van der Waals surface area contributed by atoms with Crippen LogP contribution in [-0.2, 0) is 0 Å². The molecular formula is C17H19FN2O2. The van der Waals surface area contributed by atoms with Gasteiger partial charge in [0.1, 0.15) is 12.5 Å². The van der Waals surface area contributed by atoms with E-state index in [9.17, 15) is 4.39 Å². The predicted octanol–water partition coefficient (Wildman–Crippen LogP) is 3.81. The maximum atomic E-state index is 12.1. The maximum absolute atomic E-state index is 12.1. The predicted molar refractivity (Wildman–Crippen MR) is 87.2 cm³/mol. The van der Waals surface area contributed by atoms with Crippen LogP contribution in [0, 0.1) is 0 Å². The molecule has 0 spiro atoms. The zero-order valence-corrected chi connectivity index (χ0v) is 12.2. The highest BCUT2D eigenvalue weighted by atomic mass is 19.1. The van der Waals surface area contributed by atoms with Crippen molar-refractivity contribution in [3.05, 3.63) is 36.4 Å². The smallest absolute Gasteiger partial charge is 0.121 e. The molecule has 0 amide bonds. The summed E-state index contributed by atoms with van der Waals surface area (Å²) in [6.45, 7) is 0.136. The summed E-state index contributed by atoms with van der Waals surface area (Å²) in [7, 11) is 0. The molecule has 1 heterocycles. The molecule has 0 aliphatic rings. The molecule has 0 bridgehead atoms. The molecule has 0 atom stereocenters. The van der Waals surface area contributed by atoms with Gasteiger partial charge in [-0.2, -0.15) is 0 Å². The second kappa shape index (κ2) is 6.66. The highest BCUT2D eigenvalue weighted by molar-refractivity contribution is 6.08. The second-order valence-corrected chi connectivity index (χ2v) is 5.17. The molecule has 0 saturated heterocycles. The summed E-state index contributed by atoms with van der Waals surface area (Å²) in [6, 6.07) is 11.8. The first-order valence-corrected chi connectivity index (χ1v) is 7.41. The van der Waals surface area contributed by atoms with Gasteiger partial charge in [0.05, 0.1) is 18.8 Å². The van der Waals surface area contributed by atoms with Gasteiger partial charge in [-0.3, -0.25) is 4.39 Å². The minimum Gasteiger partial charge on any atom is -0.494 e. The number of ether oxygens (including phenoxy) is 1. The number of alkyl halides is 1. The number of H-pyrrole nitrogens is 1. The van der Waals surface area contributed by atoms with Gasteiger partial charge >= 0.3 is 0 Å². The Labute approximate surface area is 127 Å². The summed E-state index contributed by atoms with van der Waals surface area (Å²) >= 11 is 0. The number of hydrogen-bond acceptors (Lipinski definition) is 3. The first kappa shape index (κ1) is 14.7. The fourth-order valence-electron chi connectivity index (χ4n) is 2.57. The van der Waals surface area contributed by atoms with Crippen molar-refractivity contribution in [2.24, 2.45) is 0 Å². The third-order valence-electron chi connectivity index (χ3n) is 3.65. The molecule has 0 aliphatic carbocycles. The topological polar surface area (TPSA) is 57.3 Å². The Kier molecular flexibility index (Phi) is 4.44. The van der Waals surface area contributed by atoms with E-state index in [1.165, 1.54) is 0 Å². The Hall–Kier alpha value is -2.27. The number of aromatic amines is 1. The number of halogens is 1. The van der Waals surface area contributed by atoms with Crippen molar-refractivity contribution in [3.63, 3.8) is 0 Å². The first-order chi connectivity index (χ1) is 10.8. The lowest BCUT2D eigenvalue weighted by molar-refractivity contribution is 0.298. The van der Waals surface area contributed by atoms with E-state index in [4.69, 9.17) is 9.84 Å². The highest BCUT2D eigenvalue weighted by Gasteiger charge is 2.06. The van der Waals surface area contributed by atoms with E-state index in [0.29, 0.717) is 13.0 Å². The van der Waals surface area contributed by atoms with Crippen molar-refractivity contribution >= 4 is 27.5 Å². The Morgan fingerprint density at radius 1 is 1.05 bits per heavy atom. The SMILES string of the molecule is OCNc1ccc2c(c1)[nH]c1cc(OCCCCF)ccc12. The van der Waals surface area contributed by atoms with Crippen LogP contribution >= 0.6 is 0 Å². The van der Waals surface area contributed by atoms with E-state index in [1.54, 1.807) is 0 Å². The number of benzene rings is 2. The molecule has 0 unspecified atom stereocenters. The monoisotopic (exact) mass is 302 g/mol. The number of fused-ring (bicyclic) bond motifs is 3. The van der Waals surface area contributed by atoms with E-state index >= 15 is 0 Å². The van der Waals surface area contributed by atoms with Crippen molar-refractivity contribution < 1.29 is 14.2 Å². The summed E-state index contributed by atoms with van der Waals surface area (Å²) < 4.78 is 17.7. The zero-order chi connectivity index (χ0) is 15.4. The largest absolute Gasteiger partial charge is 0.494 e. The normalized spacial score (nSPS) is 11.2. The summed E-state index contributed by atoms with van der Waals surface area (Å²) in [5.74, 6) is 0.784. The summed E-state index contributed by atoms with van der Waals surface area (Å²) in [4.78, 5) is 3.36. The van der Waals surface area contributed by atoms with E-state index < -0.39 is 0 Å². The highest BCUT2D eigenvalue weighted by Crippen LogP contribution is 2.30. The number of nitrogens with one attached hydrogen (secondary N) is 2. The summed E-state index contributed by atoms with van der Waals surface area (Å²) in [5, 5.41) is 14.1. The summed E-state index contributed by atoms with van der Waals surface area (Å²) in [6.07, 6.45) is 1.26. The van der Waals surface area contributed by atoms with E-state index in [0.717, 1.165) is 39.7 Å². The maximum Gasteiger partial charge on any atom is 0.121 e. The van der Waals surface area contributed by atoms with Gasteiger partial charge < -0.3 is 20.1 Å². The van der Waals surface area contributed by atoms with Gasteiger partial charge in [-0.1, -0.05) is 6.07 Å². The fraction of sp³-hybridized carbons (Fsp3) is 0.294. The van der Waals surface area contributed by atoms with Crippen LogP contribution in [-0.4, -0.2) is 30.1 Å². The van der Waals surface area contributed by atoms with Crippen LogP contribution in [0.4, 0.5) is 10.1 Å². The Morgan fingerprint density at radius 2 is 1.82 bits per heavy atom. The second-order valence-electron chi connectivity index (χ2n) is 5.17. The summed E-state index contributed by atoms with van der Waals surface area (Å²) in [5.41, 5.74) is 2.87. The van der Waals surface area contributed by atoms with Gasteiger partial charge in [-0.25, -0.2) is 0 Å². The fourth-order valence-corrected chi connectivity index (χ4v) is 2.57. The quantitative estimate of drug-likeness (QED) is 0.459. The molecule has 116 valence electrons. The Balaban J connectivity index is 1.86. The van der Waals surface area contributed by atoms with Gasteiger partial charge in [-0.05, 0) is 37.1 Å². The van der Waals surface area contributed by atoms with Gasteiger partial charge in [-0.15, -0.1) is 0 Å². The molecule has 4 nitrogen and oxygen atoms in total. The van der Waals surface area contributed by atoms with E-state index in [1.807, 2.05) is 36.4 Å². The molecule has 5 heteroatoms. The van der Waals surface area contributed by atoms with E-state index in [-0.39, 0.29) is 13.4 Å². The molecule has 0 aliphatic heterocycles. The molecular weight excluding hydrogens is 283 g/mol. The third-order valence-corrected chi connectivity index (χ3v) is 3.65. The third kappa shape index (κ3) is 2.99. The molecule has 1 aromatic heterocycles. The van der Waals surface area contributed by atoms with Gasteiger partial charge in [0.2, 0.25) is 0 Å². The lowest BCUT2D eigenvalue weighted by Crippen LogP contribution is -1.98. The van der Waals surface area contributed by atoms with Crippen LogP contribution in [0.3, 0.4) is 0 Å². The minimum atomic E-state index is -0.297. The Morgan fingerprint density at radius 3 is 2.59 bits per heavy atom. The van der Waals surface area contributed by atoms with Crippen molar-refractivity contribution in [3.8, 4) is 5.75 Å². The standard InChI is InChI=1S/C17H19FN2O2/c18-7-1-2-8-22-13-4-6-15-14-5-3-12(19-11-21)9-16(14)20-17(15)10-13/h3-6,9-10,19-21H,1-2,7-8,11H2. The number of aliphatic hydroxyl groups is 1. The zero-order valence-electron chi connectivity index (χ0n) is 12.2. The van der Waals surface area contributed by atoms with Crippen molar-refractivity contribution in [1.82, 2.24) is 4.98 Å². The van der Waals surface area contributed by atoms with Crippen LogP contribution in [0.5, 0.6) is 5.75 Å². The number of aromatic nitrogens is 1. The number of hydrogen-bond donors (Lipinski definition) is 3. The number of anilines is 1. The van der Waals surface area contributed by atoms with Crippen LogP contribution in [0.15, 0.2) is 36.4 Å². The van der Waals surface area contributed by atoms with E-state index in [2.05, 4.69) is 10.3 Å². The molecule has 0 radical (unpaired) electrons. The molecule has 3 N–H and O–H groups in total. The van der Waals surface area contributed by atoms with Gasteiger partial charge in [0.15, 0.2) is 0 Å². The van der Waals surface area contributed by atoms with Crippen molar-refractivity contribution in [1.29, 1.82) is 0 Å². The number of aliphatic hydroxyl groups excluding tert-OH is 1. The molecule has 2 aromatic carbocycles. The molecule has 3 rings (SSSR count). The van der Waals surface area contributed by atoms with Crippen molar-refractivity contribution in [2.75, 3.05) is 25.3 Å². The van der Waals surface area contributed by atoms with Crippen LogP contribution in [0.25, 0.3) is 21.8 Å². The van der Waals surface area contributed by atoms with Gasteiger partial charge in [0, 0.05) is 28.0 Å². The first-order valence-electron chi connectivity index (χ1n) is 7.41. The lowest BCUT2D eigenvalue weighted by Gasteiger charge is -2.05. The van der Waals surface area contributed by atoms with Gasteiger partial charge in [0.25, 0.3) is 0 Å². The van der Waals surface area contributed by atoms with Crippen LogP contribution in [0.1, 0.15) is 12.8 Å². The van der Waals surface area contributed by atoms with Crippen molar-refractivity contribution in [2.45, 2.75) is 12.8 Å². The lowest BCUT2D eigenvalue weighted by atomic mass is 10.1. The minimum absolute atomic E-state index is 0.0946.